The smallest absolute Gasteiger partial charge is 0.333 e. The highest BCUT2D eigenvalue weighted by atomic mass is 16.5. The van der Waals surface area contributed by atoms with Crippen molar-refractivity contribution in [2.24, 2.45) is 0 Å². The molecule has 1 N–H and O–H groups in total. The number of Topliss-reactive ketones (excluding diaryl/α,β-unsaturated/α-hetero) is 1. The van der Waals surface area contributed by atoms with E-state index in [0.717, 1.165) is 0 Å². The van der Waals surface area contributed by atoms with Gasteiger partial charge < -0.3 is 9.84 Å². The number of hydrogen-bond donors (Lipinski definition) is 1. The molecule has 0 amide bonds. The van der Waals surface area contributed by atoms with Gasteiger partial charge in [0.05, 0.1) is 13.0 Å². The third-order valence-corrected chi connectivity index (χ3v) is 1.58. The molecule has 0 atom stereocenters. The van der Waals surface area contributed by atoms with Gasteiger partial charge in [-0.1, -0.05) is 6.58 Å². The molecule has 0 radical (unpaired) electrons. The van der Waals surface area contributed by atoms with E-state index in [1.807, 2.05) is 0 Å². The fourth-order valence-electron chi connectivity index (χ4n) is 0.752. The van der Waals surface area contributed by atoms with Crippen LogP contribution in [0.3, 0.4) is 0 Å². The van der Waals surface area contributed by atoms with Gasteiger partial charge in [-0.3, -0.25) is 9.59 Å². The van der Waals surface area contributed by atoms with E-state index in [0.29, 0.717) is 0 Å². The number of esters is 1. The van der Waals surface area contributed by atoms with Crippen LogP contribution < -0.4 is 0 Å². The lowest BCUT2D eigenvalue weighted by Crippen LogP contribution is -2.11. The lowest BCUT2D eigenvalue weighted by atomic mass is 10.2. The van der Waals surface area contributed by atoms with Crippen molar-refractivity contribution in [2.75, 3.05) is 6.61 Å². The second-order valence-corrected chi connectivity index (χ2v) is 3.10. The summed E-state index contributed by atoms with van der Waals surface area (Å²) < 4.78 is 4.67. The van der Waals surface area contributed by atoms with E-state index >= 15 is 0 Å². The molecule has 0 aliphatic rings. The fourth-order valence-corrected chi connectivity index (χ4v) is 0.752. The van der Waals surface area contributed by atoms with E-state index in [1.54, 1.807) is 0 Å². The summed E-state index contributed by atoms with van der Waals surface area (Å²) in [5.74, 6) is -1.78. The number of carboxylic acids is 1. The van der Waals surface area contributed by atoms with Crippen LogP contribution in [0.5, 0.6) is 0 Å². The molecule has 0 saturated heterocycles. The first kappa shape index (κ1) is 13.4. The first-order valence-electron chi connectivity index (χ1n) is 4.49. The van der Waals surface area contributed by atoms with Crippen LogP contribution in [0.1, 0.15) is 26.2 Å². The van der Waals surface area contributed by atoms with Gasteiger partial charge in [-0.15, -0.1) is 0 Å². The summed E-state index contributed by atoms with van der Waals surface area (Å²) in [7, 11) is 0. The summed E-state index contributed by atoms with van der Waals surface area (Å²) in [6, 6.07) is 0. The highest BCUT2D eigenvalue weighted by Gasteiger charge is 2.07. The Morgan fingerprint density at radius 3 is 2.27 bits per heavy atom. The number of ketones is 1. The summed E-state index contributed by atoms with van der Waals surface area (Å²) in [4.78, 5) is 32.0. The number of aliphatic carboxylic acids is 1. The minimum absolute atomic E-state index is 0.0237. The van der Waals surface area contributed by atoms with E-state index in [9.17, 15) is 14.4 Å². The molecule has 0 heterocycles. The quantitative estimate of drug-likeness (QED) is 0.503. The minimum atomic E-state index is -1.01. The molecule has 0 unspecified atom stereocenters. The Labute approximate surface area is 87.7 Å². The number of carbonyl (C=O) groups is 3. The Hall–Kier alpha value is -1.65. The first-order valence-corrected chi connectivity index (χ1v) is 4.49. The fraction of sp³-hybridized carbons (Fsp3) is 0.500. The average molecular weight is 214 g/mol. The van der Waals surface area contributed by atoms with Crippen molar-refractivity contribution >= 4 is 17.7 Å². The van der Waals surface area contributed by atoms with Crippen LogP contribution in [0.4, 0.5) is 0 Å². The molecule has 0 fully saturated rings. The highest BCUT2D eigenvalue weighted by molar-refractivity contribution is 5.87. The standard InChI is InChI=1S/C10H14O5/c1-7(2)10(14)15-6-5-8(11)3-4-9(12)13/h1,3-6H2,2H3,(H,12,13). The van der Waals surface area contributed by atoms with E-state index in [2.05, 4.69) is 11.3 Å². The molecule has 5 nitrogen and oxygen atoms in total. The number of carboxylic acid groups (broad SMARTS) is 1. The zero-order valence-corrected chi connectivity index (χ0v) is 8.62. The van der Waals surface area contributed by atoms with Crippen molar-refractivity contribution < 1.29 is 24.2 Å². The Morgan fingerprint density at radius 2 is 1.80 bits per heavy atom. The van der Waals surface area contributed by atoms with Crippen molar-refractivity contribution in [3.8, 4) is 0 Å². The molecular formula is C10H14O5. The molecule has 0 aromatic carbocycles. The Bertz CT molecular complexity index is 280. The van der Waals surface area contributed by atoms with Gasteiger partial charge in [0.2, 0.25) is 0 Å². The van der Waals surface area contributed by atoms with Gasteiger partial charge in [0.25, 0.3) is 0 Å². The highest BCUT2D eigenvalue weighted by Crippen LogP contribution is 1.98. The average Bonchev–Trinajstić information content (AvgIpc) is 2.14. The summed E-state index contributed by atoms with van der Waals surface area (Å²) >= 11 is 0. The predicted molar refractivity (Wildman–Crippen MR) is 52.3 cm³/mol. The third kappa shape index (κ3) is 7.42. The van der Waals surface area contributed by atoms with Crippen LogP contribution in [0.25, 0.3) is 0 Å². The van der Waals surface area contributed by atoms with E-state index < -0.39 is 11.9 Å². The molecule has 0 bridgehead atoms. The molecule has 15 heavy (non-hydrogen) atoms. The molecule has 0 aliphatic heterocycles. The Morgan fingerprint density at radius 1 is 1.20 bits per heavy atom. The SMILES string of the molecule is C=C(C)C(=O)OCCC(=O)CCC(=O)O. The zero-order valence-electron chi connectivity index (χ0n) is 8.62. The van der Waals surface area contributed by atoms with Crippen LogP contribution in [0, 0.1) is 0 Å². The largest absolute Gasteiger partial charge is 0.481 e. The van der Waals surface area contributed by atoms with Crippen LogP contribution in [0.2, 0.25) is 0 Å². The van der Waals surface area contributed by atoms with E-state index in [-0.39, 0.29) is 37.2 Å². The normalized spacial score (nSPS) is 9.40. The number of hydrogen-bond acceptors (Lipinski definition) is 4. The molecule has 5 heteroatoms. The molecule has 0 rings (SSSR count). The van der Waals surface area contributed by atoms with Gasteiger partial charge in [0.15, 0.2) is 0 Å². The maximum Gasteiger partial charge on any atom is 0.333 e. The van der Waals surface area contributed by atoms with Gasteiger partial charge in [-0.25, -0.2) is 4.79 Å². The molecule has 0 saturated carbocycles. The van der Waals surface area contributed by atoms with Crippen molar-refractivity contribution in [3.05, 3.63) is 12.2 Å². The minimum Gasteiger partial charge on any atom is -0.481 e. The van der Waals surface area contributed by atoms with Crippen LogP contribution in [-0.4, -0.2) is 29.4 Å². The number of carbonyl (C=O) groups excluding carboxylic acids is 2. The van der Waals surface area contributed by atoms with Crippen LogP contribution in [-0.2, 0) is 19.1 Å². The molecule has 0 aromatic heterocycles. The van der Waals surface area contributed by atoms with Gasteiger partial charge in [-0.05, 0) is 6.92 Å². The molecule has 0 spiro atoms. The Kier molecular flexibility index (Phi) is 6.01. The predicted octanol–water partition coefficient (Wildman–Crippen LogP) is 0.930. The maximum absolute atomic E-state index is 11.0. The van der Waals surface area contributed by atoms with Crippen LogP contribution in [0.15, 0.2) is 12.2 Å². The van der Waals surface area contributed by atoms with Gasteiger partial charge in [0.1, 0.15) is 5.78 Å². The van der Waals surface area contributed by atoms with E-state index in [1.165, 1.54) is 6.92 Å². The van der Waals surface area contributed by atoms with Gasteiger partial charge in [-0.2, -0.15) is 0 Å². The summed E-state index contributed by atoms with van der Waals surface area (Å²) in [5, 5.41) is 8.30. The molecule has 0 aliphatic carbocycles. The van der Waals surface area contributed by atoms with Crippen molar-refractivity contribution in [1.82, 2.24) is 0 Å². The topological polar surface area (TPSA) is 80.7 Å². The molecular weight excluding hydrogens is 200 g/mol. The maximum atomic E-state index is 11.0. The Balaban J connectivity index is 3.59. The number of ether oxygens (including phenoxy) is 1. The second-order valence-electron chi connectivity index (χ2n) is 3.10. The third-order valence-electron chi connectivity index (χ3n) is 1.58. The zero-order chi connectivity index (χ0) is 11.8. The summed E-state index contributed by atoms with van der Waals surface area (Å²) in [5.41, 5.74) is 0.271. The summed E-state index contributed by atoms with van der Waals surface area (Å²) in [6.07, 6.45) is -0.167. The summed E-state index contributed by atoms with van der Waals surface area (Å²) in [6.45, 7) is 4.86. The monoisotopic (exact) mass is 214 g/mol. The van der Waals surface area contributed by atoms with Crippen molar-refractivity contribution in [2.45, 2.75) is 26.2 Å². The first-order chi connectivity index (χ1) is 6.93. The van der Waals surface area contributed by atoms with Gasteiger partial charge in [0, 0.05) is 18.4 Å². The lowest BCUT2D eigenvalue weighted by molar-refractivity contribution is -0.141. The lowest BCUT2D eigenvalue weighted by Gasteiger charge is -2.02. The van der Waals surface area contributed by atoms with E-state index in [4.69, 9.17) is 5.11 Å². The second kappa shape index (κ2) is 6.75. The van der Waals surface area contributed by atoms with Gasteiger partial charge >= 0.3 is 11.9 Å². The van der Waals surface area contributed by atoms with Crippen LogP contribution >= 0.6 is 0 Å². The van der Waals surface area contributed by atoms with Crippen molar-refractivity contribution in [1.29, 1.82) is 0 Å². The number of rotatable bonds is 7. The van der Waals surface area contributed by atoms with Crippen molar-refractivity contribution in [3.63, 3.8) is 0 Å². The molecule has 0 aromatic rings. The molecule has 84 valence electrons.